The Balaban J connectivity index is 0.000000200. The minimum absolute atomic E-state index is 0.0957. The molecule has 11 atom stereocenters. The molecule has 0 unspecified atom stereocenters. The molecule has 4 bridgehead atoms. The summed E-state index contributed by atoms with van der Waals surface area (Å²) >= 11 is 0. The first-order chi connectivity index (χ1) is 19.8. The van der Waals surface area contributed by atoms with E-state index in [2.05, 4.69) is 20.8 Å². The van der Waals surface area contributed by atoms with Crippen LogP contribution in [0.15, 0.2) is 0 Å². The maximum Gasteiger partial charge on any atom is 0.309 e. The van der Waals surface area contributed by atoms with E-state index in [9.17, 15) is 30.0 Å². The molecule has 8 saturated carbocycles. The highest BCUT2D eigenvalue weighted by molar-refractivity contribution is 5.75. The quantitative estimate of drug-likeness (QED) is 0.277. The molecule has 8 rings (SSSR count). The van der Waals surface area contributed by atoms with Crippen LogP contribution in [0, 0.1) is 69.5 Å². The SMILES string of the molecule is C[C@H](CCC(=O)O)[C@H]1CC[C@H]2[C@@H]3[C@H](O)C[C@@H]4C[C@H](O)CC[C@]4(C)[C@H]3C[C@H](O)[C@]12C.O=C(O)C12CC3CC(CC(C3)C1)C2. The standard InChI is InChI=1S/C24H40O5.C11H16O2/c1-13(4-7-21(28)29)16-5-6-17-22-18(12-20(27)24(16,17)3)23(2)9-8-15(25)10-14(23)11-19(22)26;12-10(13)11-4-7-1-8(5-11)3-9(2-7)6-11/h13-20,22,25-27H,4-12H2,1-3H3,(H,28,29);7-9H,1-6H2,(H,12,13)/t13-,14+,15-,16-,17+,18+,19-,20+,22+,23+,24-;/m1./s1. The van der Waals surface area contributed by atoms with Crippen LogP contribution in [0.4, 0.5) is 0 Å². The second kappa shape index (κ2) is 11.0. The Bertz CT molecular complexity index is 1010. The molecule has 0 aromatic carbocycles. The van der Waals surface area contributed by atoms with Gasteiger partial charge < -0.3 is 25.5 Å². The summed E-state index contributed by atoms with van der Waals surface area (Å²) in [5.41, 5.74) is -0.426. The summed E-state index contributed by atoms with van der Waals surface area (Å²) in [7, 11) is 0. The van der Waals surface area contributed by atoms with Gasteiger partial charge in [0.25, 0.3) is 0 Å². The number of aliphatic hydroxyl groups is 3. The molecule has 8 aliphatic rings. The predicted octanol–water partition coefficient (Wildman–Crippen LogP) is 5.74. The molecule has 5 N–H and O–H groups in total. The highest BCUT2D eigenvalue weighted by Gasteiger charge is 2.65. The molecular weight excluding hydrogens is 532 g/mol. The maximum atomic E-state index is 11.5. The molecule has 42 heavy (non-hydrogen) atoms. The van der Waals surface area contributed by atoms with Crippen molar-refractivity contribution in [3.05, 3.63) is 0 Å². The van der Waals surface area contributed by atoms with Gasteiger partial charge in [-0.2, -0.15) is 0 Å². The topological polar surface area (TPSA) is 135 Å². The van der Waals surface area contributed by atoms with Crippen LogP contribution < -0.4 is 0 Å². The fraction of sp³-hybridized carbons (Fsp3) is 0.943. The molecule has 7 heteroatoms. The third kappa shape index (κ3) is 4.96. The van der Waals surface area contributed by atoms with Gasteiger partial charge in [-0.05, 0) is 154 Å². The fourth-order valence-corrected chi connectivity index (χ4v) is 13.1. The van der Waals surface area contributed by atoms with Gasteiger partial charge in [0.1, 0.15) is 0 Å². The lowest BCUT2D eigenvalue weighted by atomic mass is 9.43. The van der Waals surface area contributed by atoms with Crippen LogP contribution in [-0.4, -0.2) is 55.8 Å². The Morgan fingerprint density at radius 1 is 0.810 bits per heavy atom. The predicted molar refractivity (Wildman–Crippen MR) is 158 cm³/mol. The molecule has 238 valence electrons. The second-order valence-electron chi connectivity index (χ2n) is 16.9. The fourth-order valence-electron chi connectivity index (χ4n) is 13.1. The third-order valence-electron chi connectivity index (χ3n) is 14.8. The Labute approximate surface area is 251 Å². The number of rotatable bonds is 5. The van der Waals surface area contributed by atoms with E-state index >= 15 is 0 Å². The Morgan fingerprint density at radius 3 is 2.00 bits per heavy atom. The monoisotopic (exact) mass is 588 g/mol. The molecule has 0 radical (unpaired) electrons. The molecule has 0 heterocycles. The van der Waals surface area contributed by atoms with E-state index in [4.69, 9.17) is 5.11 Å². The average molecular weight is 589 g/mol. The van der Waals surface area contributed by atoms with Crippen molar-refractivity contribution in [3.8, 4) is 0 Å². The van der Waals surface area contributed by atoms with E-state index < -0.39 is 18.0 Å². The van der Waals surface area contributed by atoms with E-state index in [1.54, 1.807) is 0 Å². The number of fused-ring (bicyclic) bond motifs is 5. The highest BCUT2D eigenvalue weighted by atomic mass is 16.4. The maximum absolute atomic E-state index is 11.5. The van der Waals surface area contributed by atoms with Crippen molar-refractivity contribution >= 4 is 11.9 Å². The van der Waals surface area contributed by atoms with Crippen LogP contribution in [0.3, 0.4) is 0 Å². The van der Waals surface area contributed by atoms with E-state index in [1.807, 2.05) is 0 Å². The molecule has 0 aromatic rings. The van der Waals surface area contributed by atoms with Crippen LogP contribution in [-0.2, 0) is 9.59 Å². The van der Waals surface area contributed by atoms with Crippen LogP contribution in [0.5, 0.6) is 0 Å². The van der Waals surface area contributed by atoms with Gasteiger partial charge in [-0.3, -0.25) is 9.59 Å². The van der Waals surface area contributed by atoms with Gasteiger partial charge >= 0.3 is 11.9 Å². The molecule has 8 fully saturated rings. The zero-order valence-corrected chi connectivity index (χ0v) is 26.1. The summed E-state index contributed by atoms with van der Waals surface area (Å²) < 4.78 is 0. The summed E-state index contributed by atoms with van der Waals surface area (Å²) in [6.07, 6.45) is 12.9. The zero-order chi connectivity index (χ0) is 30.2. The van der Waals surface area contributed by atoms with Crippen molar-refractivity contribution in [2.45, 2.75) is 135 Å². The normalized spacial score (nSPS) is 52.8. The van der Waals surface area contributed by atoms with Crippen LogP contribution in [0.25, 0.3) is 0 Å². The number of hydrogen-bond donors (Lipinski definition) is 5. The summed E-state index contributed by atoms with van der Waals surface area (Å²) in [5, 5.41) is 51.3. The van der Waals surface area contributed by atoms with Crippen molar-refractivity contribution in [2.75, 3.05) is 0 Å². The van der Waals surface area contributed by atoms with Gasteiger partial charge in [0, 0.05) is 6.42 Å². The number of aliphatic carboxylic acids is 2. The van der Waals surface area contributed by atoms with E-state index in [0.29, 0.717) is 30.1 Å². The zero-order valence-electron chi connectivity index (χ0n) is 26.1. The lowest BCUT2D eigenvalue weighted by Crippen LogP contribution is -2.62. The van der Waals surface area contributed by atoms with Crippen molar-refractivity contribution in [3.63, 3.8) is 0 Å². The van der Waals surface area contributed by atoms with E-state index in [1.165, 1.54) is 19.3 Å². The summed E-state index contributed by atoms with van der Waals surface area (Å²) in [6, 6.07) is 0. The first-order valence-corrected chi connectivity index (χ1v) is 17.3. The largest absolute Gasteiger partial charge is 0.481 e. The van der Waals surface area contributed by atoms with Crippen molar-refractivity contribution in [1.82, 2.24) is 0 Å². The lowest BCUT2D eigenvalue weighted by Gasteiger charge is -2.63. The molecule has 8 aliphatic carbocycles. The van der Waals surface area contributed by atoms with Crippen LogP contribution in [0.1, 0.15) is 117 Å². The van der Waals surface area contributed by atoms with Crippen LogP contribution in [0.2, 0.25) is 0 Å². The van der Waals surface area contributed by atoms with E-state index in [-0.39, 0.29) is 46.7 Å². The minimum atomic E-state index is -0.748. The van der Waals surface area contributed by atoms with Gasteiger partial charge in [-0.25, -0.2) is 0 Å². The third-order valence-corrected chi connectivity index (χ3v) is 14.8. The lowest BCUT2D eigenvalue weighted by molar-refractivity contribution is -0.207. The second-order valence-corrected chi connectivity index (χ2v) is 16.9. The summed E-state index contributed by atoms with van der Waals surface area (Å²) in [4.78, 5) is 22.3. The van der Waals surface area contributed by atoms with Gasteiger partial charge in [-0.1, -0.05) is 20.8 Å². The first kappa shape index (κ1) is 30.8. The van der Waals surface area contributed by atoms with Crippen molar-refractivity contribution < 1.29 is 35.1 Å². The average Bonchev–Trinajstić information content (AvgIpc) is 3.27. The van der Waals surface area contributed by atoms with Gasteiger partial charge in [-0.15, -0.1) is 0 Å². The number of carbonyl (C=O) groups is 2. The summed E-state index contributed by atoms with van der Waals surface area (Å²) in [6.45, 7) is 6.72. The molecular formula is C35H56O7. The highest BCUT2D eigenvalue weighted by Crippen LogP contribution is 2.68. The van der Waals surface area contributed by atoms with E-state index in [0.717, 1.165) is 82.0 Å². The Hall–Kier alpha value is -1.18. The Kier molecular flexibility index (Phi) is 8.08. The van der Waals surface area contributed by atoms with Gasteiger partial charge in [0.2, 0.25) is 0 Å². The molecule has 0 aliphatic heterocycles. The smallest absolute Gasteiger partial charge is 0.309 e. The number of carboxylic acid groups (broad SMARTS) is 2. The Morgan fingerprint density at radius 2 is 1.43 bits per heavy atom. The summed E-state index contributed by atoms with van der Waals surface area (Å²) in [5.74, 6) is 2.75. The van der Waals surface area contributed by atoms with Gasteiger partial charge in [0.05, 0.1) is 23.7 Å². The first-order valence-electron chi connectivity index (χ1n) is 17.3. The van der Waals surface area contributed by atoms with Crippen LogP contribution >= 0.6 is 0 Å². The molecule has 7 nitrogen and oxygen atoms in total. The number of carboxylic acids is 2. The molecule has 0 saturated heterocycles. The molecule has 0 aromatic heterocycles. The molecule has 0 amide bonds. The minimum Gasteiger partial charge on any atom is -0.481 e. The number of hydrogen-bond acceptors (Lipinski definition) is 5. The van der Waals surface area contributed by atoms with Crippen molar-refractivity contribution in [2.24, 2.45) is 69.5 Å². The number of aliphatic hydroxyl groups excluding tert-OH is 3. The van der Waals surface area contributed by atoms with Gasteiger partial charge in [0.15, 0.2) is 0 Å². The molecule has 0 spiro atoms. The van der Waals surface area contributed by atoms with Crippen molar-refractivity contribution in [1.29, 1.82) is 0 Å².